The van der Waals surface area contributed by atoms with Gasteiger partial charge in [-0.15, -0.1) is 0 Å². The number of benzene rings is 1. The molecule has 18 heavy (non-hydrogen) atoms. The van der Waals surface area contributed by atoms with Crippen LogP contribution in [0.15, 0.2) is 33.5 Å². The lowest BCUT2D eigenvalue weighted by Gasteiger charge is -2.27. The molecule has 94 valence electrons. The van der Waals surface area contributed by atoms with Gasteiger partial charge in [0.15, 0.2) is 0 Å². The first-order chi connectivity index (χ1) is 8.74. The molecule has 0 unspecified atom stereocenters. The summed E-state index contributed by atoms with van der Waals surface area (Å²) in [6.45, 7) is 4.10. The van der Waals surface area contributed by atoms with Crippen LogP contribution in [-0.4, -0.2) is 31.3 Å². The average molecular weight is 247 g/mol. The van der Waals surface area contributed by atoms with E-state index in [1.54, 1.807) is 6.07 Å². The van der Waals surface area contributed by atoms with Crippen molar-refractivity contribution in [1.29, 1.82) is 0 Å². The van der Waals surface area contributed by atoms with Crippen LogP contribution in [0.4, 0.5) is 5.69 Å². The minimum absolute atomic E-state index is 0.0280. The maximum absolute atomic E-state index is 11.2. The second-order valence-electron chi connectivity index (χ2n) is 4.48. The number of fused-ring (bicyclic) bond motifs is 1. The van der Waals surface area contributed by atoms with Crippen LogP contribution in [0.25, 0.3) is 11.0 Å². The number of hydrogen-bond acceptors (Lipinski definition) is 4. The van der Waals surface area contributed by atoms with E-state index < -0.39 is 5.63 Å². The molecule has 0 bridgehead atoms. The molecule has 1 saturated heterocycles. The molecule has 0 atom stereocenters. The van der Waals surface area contributed by atoms with Crippen molar-refractivity contribution < 1.29 is 14.8 Å². The third-order valence-corrected chi connectivity index (χ3v) is 3.28. The van der Waals surface area contributed by atoms with Gasteiger partial charge in [-0.25, -0.2) is 4.79 Å². The van der Waals surface area contributed by atoms with E-state index in [1.807, 2.05) is 12.1 Å². The standard InChI is InChI=1S/C13H14N2O3/c16-11-8-13(17)18-12-7-9(1-2-10(11)12)15-5-3-14-4-6-15/h1-2,7-8,14,16H,3-6H2/p+1. The molecule has 3 rings (SSSR count). The highest BCUT2D eigenvalue weighted by molar-refractivity contribution is 5.85. The van der Waals surface area contributed by atoms with E-state index >= 15 is 0 Å². The summed E-state index contributed by atoms with van der Waals surface area (Å²) in [7, 11) is 0. The van der Waals surface area contributed by atoms with Crippen molar-refractivity contribution in [2.75, 3.05) is 31.1 Å². The Bertz CT molecular complexity index is 630. The second-order valence-corrected chi connectivity index (χ2v) is 4.48. The van der Waals surface area contributed by atoms with Gasteiger partial charge >= 0.3 is 5.63 Å². The molecular formula is C13H15N2O3+. The fourth-order valence-electron chi connectivity index (χ4n) is 2.34. The van der Waals surface area contributed by atoms with Crippen LogP contribution >= 0.6 is 0 Å². The zero-order valence-electron chi connectivity index (χ0n) is 9.93. The molecule has 1 aromatic carbocycles. The van der Waals surface area contributed by atoms with Gasteiger partial charge in [0.1, 0.15) is 11.3 Å². The van der Waals surface area contributed by atoms with Crippen LogP contribution in [0, 0.1) is 0 Å². The van der Waals surface area contributed by atoms with Gasteiger partial charge in [0, 0.05) is 11.8 Å². The summed E-state index contributed by atoms with van der Waals surface area (Å²) < 4.78 is 5.12. The van der Waals surface area contributed by atoms with Crippen molar-refractivity contribution in [1.82, 2.24) is 0 Å². The minimum atomic E-state index is -0.524. The van der Waals surface area contributed by atoms with Gasteiger partial charge in [0.05, 0.1) is 37.6 Å². The third kappa shape index (κ3) is 1.93. The third-order valence-electron chi connectivity index (χ3n) is 3.28. The monoisotopic (exact) mass is 247 g/mol. The SMILES string of the molecule is O=c1cc(O)c2ccc(N3CC[NH2+]CC3)cc2o1. The second kappa shape index (κ2) is 4.34. The van der Waals surface area contributed by atoms with E-state index in [4.69, 9.17) is 4.42 Å². The molecule has 5 nitrogen and oxygen atoms in total. The van der Waals surface area contributed by atoms with E-state index in [0.29, 0.717) is 11.0 Å². The van der Waals surface area contributed by atoms with E-state index in [0.717, 1.165) is 37.9 Å². The summed E-state index contributed by atoms with van der Waals surface area (Å²) in [5, 5.41) is 12.5. The Balaban J connectivity index is 2.07. The average Bonchev–Trinajstić information content (AvgIpc) is 2.39. The molecule has 1 fully saturated rings. The first-order valence-electron chi connectivity index (χ1n) is 6.07. The van der Waals surface area contributed by atoms with Crippen molar-refractivity contribution in [3.05, 3.63) is 34.7 Å². The van der Waals surface area contributed by atoms with Crippen molar-refractivity contribution in [2.24, 2.45) is 0 Å². The zero-order valence-corrected chi connectivity index (χ0v) is 9.93. The summed E-state index contributed by atoms with van der Waals surface area (Å²) in [6.07, 6.45) is 0. The summed E-state index contributed by atoms with van der Waals surface area (Å²) in [4.78, 5) is 13.5. The van der Waals surface area contributed by atoms with Crippen molar-refractivity contribution in [3.63, 3.8) is 0 Å². The maximum atomic E-state index is 11.2. The number of quaternary nitrogens is 1. The minimum Gasteiger partial charge on any atom is -0.507 e. The smallest absolute Gasteiger partial charge is 0.339 e. The molecule has 0 radical (unpaired) electrons. The number of rotatable bonds is 1. The van der Waals surface area contributed by atoms with E-state index in [1.165, 1.54) is 0 Å². The van der Waals surface area contributed by atoms with Crippen molar-refractivity contribution in [3.8, 4) is 5.75 Å². The van der Waals surface area contributed by atoms with Gasteiger partial charge in [0.25, 0.3) is 0 Å². The number of aromatic hydroxyl groups is 1. The number of anilines is 1. The molecule has 0 aliphatic carbocycles. The van der Waals surface area contributed by atoms with E-state index in [-0.39, 0.29) is 5.75 Å². The van der Waals surface area contributed by atoms with Crippen molar-refractivity contribution >= 4 is 16.7 Å². The number of hydrogen-bond donors (Lipinski definition) is 2. The van der Waals surface area contributed by atoms with Crippen LogP contribution < -0.4 is 15.8 Å². The van der Waals surface area contributed by atoms with Gasteiger partial charge in [-0.1, -0.05) is 0 Å². The molecule has 1 aliphatic rings. The van der Waals surface area contributed by atoms with Crippen molar-refractivity contribution in [2.45, 2.75) is 0 Å². The normalized spacial score (nSPS) is 16.1. The van der Waals surface area contributed by atoms with Gasteiger partial charge in [-0.3, -0.25) is 0 Å². The number of nitrogens with two attached hydrogens (primary N) is 1. The first-order valence-corrected chi connectivity index (χ1v) is 6.07. The Kier molecular flexibility index (Phi) is 2.68. The molecule has 2 aromatic rings. The largest absolute Gasteiger partial charge is 0.507 e. The summed E-state index contributed by atoms with van der Waals surface area (Å²) >= 11 is 0. The molecule has 1 aliphatic heterocycles. The fraction of sp³-hybridized carbons (Fsp3) is 0.308. The number of piperazine rings is 1. The highest BCUT2D eigenvalue weighted by Gasteiger charge is 2.14. The van der Waals surface area contributed by atoms with Crippen LogP contribution in [0.2, 0.25) is 0 Å². The Morgan fingerprint density at radius 3 is 2.78 bits per heavy atom. The number of nitrogens with zero attached hydrogens (tertiary/aromatic N) is 1. The Hall–Kier alpha value is -2.01. The van der Waals surface area contributed by atoms with Gasteiger partial charge < -0.3 is 19.7 Å². The Labute approximate surface area is 104 Å². The lowest BCUT2D eigenvalue weighted by atomic mass is 10.2. The van der Waals surface area contributed by atoms with Crippen LogP contribution in [0.5, 0.6) is 5.75 Å². The lowest BCUT2D eigenvalue weighted by Crippen LogP contribution is -2.89. The fourth-order valence-corrected chi connectivity index (χ4v) is 2.34. The molecule has 0 spiro atoms. The molecular weight excluding hydrogens is 232 g/mol. The Morgan fingerprint density at radius 2 is 2.00 bits per heavy atom. The van der Waals surface area contributed by atoms with Gasteiger partial charge in [0.2, 0.25) is 0 Å². The molecule has 2 heterocycles. The predicted octanol–water partition coefficient (Wildman–Crippen LogP) is -0.118. The van der Waals surface area contributed by atoms with Crippen LogP contribution in [0.1, 0.15) is 0 Å². The van der Waals surface area contributed by atoms with Gasteiger partial charge in [-0.2, -0.15) is 0 Å². The molecule has 1 aromatic heterocycles. The molecule has 5 heteroatoms. The van der Waals surface area contributed by atoms with Crippen LogP contribution in [-0.2, 0) is 0 Å². The van der Waals surface area contributed by atoms with Gasteiger partial charge in [-0.05, 0) is 12.1 Å². The van der Waals surface area contributed by atoms with Crippen LogP contribution in [0.3, 0.4) is 0 Å². The summed E-state index contributed by atoms with van der Waals surface area (Å²) in [6, 6.07) is 6.66. The first kappa shape index (κ1) is 11.1. The van der Waals surface area contributed by atoms with E-state index in [9.17, 15) is 9.90 Å². The highest BCUT2D eigenvalue weighted by atomic mass is 16.4. The summed E-state index contributed by atoms with van der Waals surface area (Å²) in [5.41, 5.74) is 0.945. The quantitative estimate of drug-likeness (QED) is 0.689. The zero-order chi connectivity index (χ0) is 12.5. The molecule has 0 saturated carbocycles. The topological polar surface area (TPSA) is 70.3 Å². The predicted molar refractivity (Wildman–Crippen MR) is 68.0 cm³/mol. The summed E-state index contributed by atoms with van der Waals surface area (Å²) in [5.74, 6) is -0.0280. The Morgan fingerprint density at radius 1 is 1.22 bits per heavy atom. The highest BCUT2D eigenvalue weighted by Crippen LogP contribution is 2.26. The molecule has 0 amide bonds. The molecule has 3 N–H and O–H groups in total. The lowest BCUT2D eigenvalue weighted by molar-refractivity contribution is -0.655. The van der Waals surface area contributed by atoms with E-state index in [2.05, 4.69) is 10.2 Å². The maximum Gasteiger partial charge on any atom is 0.339 e.